The molecule has 3 N–H and O–H groups in total. The maximum atomic E-state index is 13.3. The number of hydrogen-bond donors (Lipinski definition) is 3. The predicted octanol–water partition coefficient (Wildman–Crippen LogP) is -1.46. The normalized spacial score (nSPS) is 26.7. The molecule has 13 heteroatoms. The van der Waals surface area contributed by atoms with E-state index in [1.165, 1.54) is 6.92 Å². The summed E-state index contributed by atoms with van der Waals surface area (Å²) in [5, 5.41) is 23.0. The van der Waals surface area contributed by atoms with Gasteiger partial charge in [-0.15, -0.1) is 0 Å². The van der Waals surface area contributed by atoms with Crippen molar-refractivity contribution in [2.45, 2.75) is 37.5 Å². The summed E-state index contributed by atoms with van der Waals surface area (Å²) in [5.74, 6) is -2.18. The van der Waals surface area contributed by atoms with E-state index in [0.29, 0.717) is 10.8 Å². The van der Waals surface area contributed by atoms with Crippen LogP contribution in [0.15, 0.2) is 20.9 Å². The van der Waals surface area contributed by atoms with E-state index in [1.54, 1.807) is 4.98 Å². The Morgan fingerprint density at radius 3 is 2.88 bits per heavy atom. The average molecular weight is 359 g/mol. The number of esters is 1. The van der Waals surface area contributed by atoms with E-state index in [2.05, 4.69) is 10.0 Å². The van der Waals surface area contributed by atoms with Crippen LogP contribution in [0, 0.1) is 5.82 Å². The molecule has 2 heterocycles. The van der Waals surface area contributed by atoms with Crippen molar-refractivity contribution in [3.05, 3.63) is 43.3 Å². The standard InChI is InChI=1S/C12H14FN5O7/c1-4(16-17-14)11(22)24-3-6-7(19)8(20)10(25-6)18-2-5(13)9(21)15-12(18)23/h2,4,6-8,10,19-20H,3H2,1H3,(H,15,21,23)/t4?,6-,7-,8-,10-/m1/s1. The van der Waals surface area contributed by atoms with Crippen LogP contribution < -0.4 is 11.2 Å². The van der Waals surface area contributed by atoms with Crippen LogP contribution in [-0.2, 0) is 14.3 Å². The highest BCUT2D eigenvalue weighted by atomic mass is 19.1. The van der Waals surface area contributed by atoms with E-state index >= 15 is 0 Å². The Hall–Kier alpha value is -2.73. The van der Waals surface area contributed by atoms with Crippen molar-refractivity contribution in [2.75, 3.05) is 6.61 Å². The van der Waals surface area contributed by atoms with Crippen LogP contribution in [0.5, 0.6) is 0 Å². The number of rotatable bonds is 5. The van der Waals surface area contributed by atoms with Crippen LogP contribution >= 0.6 is 0 Å². The molecule has 1 aromatic heterocycles. The number of H-pyrrole nitrogens is 1. The Morgan fingerprint density at radius 1 is 1.56 bits per heavy atom. The molecule has 1 aliphatic heterocycles. The van der Waals surface area contributed by atoms with Gasteiger partial charge in [0.2, 0.25) is 5.82 Å². The SMILES string of the molecule is CC(N=[N+]=[N-])C(=O)OC[C@H]1O[C@@H](n2cc(F)c(=O)[nH]c2=O)[C@H](O)[C@@H]1O. The number of carbonyl (C=O) groups excluding carboxylic acids is 1. The van der Waals surface area contributed by atoms with Crippen LogP contribution in [-0.4, -0.2) is 56.7 Å². The van der Waals surface area contributed by atoms with Gasteiger partial charge in [-0.1, -0.05) is 5.11 Å². The van der Waals surface area contributed by atoms with Crippen molar-refractivity contribution in [1.82, 2.24) is 9.55 Å². The number of aromatic amines is 1. The number of nitrogens with one attached hydrogen (secondary N) is 1. The van der Waals surface area contributed by atoms with E-state index in [1.807, 2.05) is 0 Å². The van der Waals surface area contributed by atoms with Crippen molar-refractivity contribution in [3.63, 3.8) is 0 Å². The molecule has 0 saturated carbocycles. The van der Waals surface area contributed by atoms with Crippen LogP contribution in [0.2, 0.25) is 0 Å². The van der Waals surface area contributed by atoms with Gasteiger partial charge in [-0.2, -0.15) is 4.39 Å². The fourth-order valence-electron chi connectivity index (χ4n) is 2.16. The second-order valence-corrected chi connectivity index (χ2v) is 5.20. The fourth-order valence-corrected chi connectivity index (χ4v) is 2.16. The third kappa shape index (κ3) is 3.85. The Bertz CT molecular complexity index is 817. The van der Waals surface area contributed by atoms with Gasteiger partial charge in [-0.3, -0.25) is 19.1 Å². The number of aliphatic hydroxyl groups excluding tert-OH is 2. The van der Waals surface area contributed by atoms with Gasteiger partial charge in [0.15, 0.2) is 6.23 Å². The van der Waals surface area contributed by atoms with Gasteiger partial charge in [0.05, 0.1) is 6.20 Å². The molecule has 1 unspecified atom stereocenters. The monoisotopic (exact) mass is 359 g/mol. The van der Waals surface area contributed by atoms with Gasteiger partial charge in [-0.25, -0.2) is 4.79 Å². The minimum Gasteiger partial charge on any atom is -0.463 e. The molecular formula is C12H14FN5O7. The largest absolute Gasteiger partial charge is 0.463 e. The van der Waals surface area contributed by atoms with Crippen molar-refractivity contribution in [1.29, 1.82) is 0 Å². The van der Waals surface area contributed by atoms with Crippen molar-refractivity contribution < 1.29 is 28.9 Å². The lowest BCUT2D eigenvalue weighted by Crippen LogP contribution is -2.38. The first kappa shape index (κ1) is 18.6. The number of carbonyl (C=O) groups is 1. The lowest BCUT2D eigenvalue weighted by molar-refractivity contribution is -0.151. The summed E-state index contributed by atoms with van der Waals surface area (Å²) in [5.41, 5.74) is 5.93. The topological polar surface area (TPSA) is 180 Å². The molecule has 5 atom stereocenters. The van der Waals surface area contributed by atoms with Crippen molar-refractivity contribution >= 4 is 5.97 Å². The maximum Gasteiger partial charge on any atom is 0.330 e. The lowest BCUT2D eigenvalue weighted by Gasteiger charge is -2.17. The highest BCUT2D eigenvalue weighted by Gasteiger charge is 2.45. The summed E-state index contributed by atoms with van der Waals surface area (Å²) in [4.78, 5) is 38.4. The average Bonchev–Trinajstić information content (AvgIpc) is 2.84. The second kappa shape index (κ2) is 7.44. The Balaban J connectivity index is 2.12. The summed E-state index contributed by atoms with van der Waals surface area (Å²) in [6.07, 6.45) is -5.42. The van der Waals surface area contributed by atoms with Crippen LogP contribution in [0.3, 0.4) is 0 Å². The molecule has 0 bridgehead atoms. The summed E-state index contributed by atoms with van der Waals surface area (Å²) in [6.45, 7) is 0.772. The molecular weight excluding hydrogens is 345 g/mol. The first-order chi connectivity index (χ1) is 11.8. The molecule has 2 rings (SSSR count). The minimum absolute atomic E-state index is 0.514. The maximum absolute atomic E-state index is 13.3. The molecule has 12 nitrogen and oxygen atoms in total. The zero-order valence-electron chi connectivity index (χ0n) is 12.8. The first-order valence-electron chi connectivity index (χ1n) is 6.99. The van der Waals surface area contributed by atoms with Crippen LogP contribution in [0.1, 0.15) is 13.2 Å². The van der Waals surface area contributed by atoms with E-state index in [-0.39, 0.29) is 0 Å². The molecule has 1 aromatic rings. The Morgan fingerprint density at radius 2 is 2.24 bits per heavy atom. The number of ether oxygens (including phenoxy) is 2. The molecule has 1 saturated heterocycles. The summed E-state index contributed by atoms with van der Waals surface area (Å²) < 4.78 is 23.9. The lowest BCUT2D eigenvalue weighted by atomic mass is 10.1. The van der Waals surface area contributed by atoms with Gasteiger partial charge in [0.1, 0.15) is 31.0 Å². The van der Waals surface area contributed by atoms with Crippen LogP contribution in [0.25, 0.3) is 10.4 Å². The molecule has 0 radical (unpaired) electrons. The molecule has 1 aliphatic rings. The van der Waals surface area contributed by atoms with Crippen molar-refractivity contribution in [3.8, 4) is 0 Å². The third-order valence-corrected chi connectivity index (χ3v) is 3.49. The minimum atomic E-state index is -1.65. The van der Waals surface area contributed by atoms with Crippen LogP contribution in [0.4, 0.5) is 4.39 Å². The smallest absolute Gasteiger partial charge is 0.330 e. The van der Waals surface area contributed by atoms with Gasteiger partial charge in [0.25, 0.3) is 5.56 Å². The number of aromatic nitrogens is 2. The van der Waals surface area contributed by atoms with Gasteiger partial charge in [-0.05, 0) is 12.5 Å². The highest BCUT2D eigenvalue weighted by molar-refractivity contribution is 5.75. The fraction of sp³-hybridized carbons (Fsp3) is 0.583. The molecule has 0 aromatic carbocycles. The van der Waals surface area contributed by atoms with Crippen molar-refractivity contribution in [2.24, 2.45) is 5.11 Å². The summed E-state index contributed by atoms with van der Waals surface area (Å²) in [7, 11) is 0. The summed E-state index contributed by atoms with van der Waals surface area (Å²) >= 11 is 0. The second-order valence-electron chi connectivity index (χ2n) is 5.20. The predicted molar refractivity (Wildman–Crippen MR) is 76.8 cm³/mol. The summed E-state index contributed by atoms with van der Waals surface area (Å²) in [6, 6.07) is -1.11. The molecule has 25 heavy (non-hydrogen) atoms. The molecule has 0 spiro atoms. The molecule has 0 aliphatic carbocycles. The zero-order valence-corrected chi connectivity index (χ0v) is 12.8. The van der Waals surface area contributed by atoms with E-state index in [9.17, 15) is 29.0 Å². The first-order valence-corrected chi connectivity index (χ1v) is 6.99. The zero-order chi connectivity index (χ0) is 18.7. The number of nitrogens with zero attached hydrogens (tertiary/aromatic N) is 4. The molecule has 136 valence electrons. The Labute approximate surface area is 138 Å². The number of hydrogen-bond acceptors (Lipinski definition) is 8. The number of halogens is 1. The molecule has 0 amide bonds. The van der Waals surface area contributed by atoms with Gasteiger partial charge < -0.3 is 19.7 Å². The van der Waals surface area contributed by atoms with Gasteiger partial charge in [0, 0.05) is 4.91 Å². The highest BCUT2D eigenvalue weighted by Crippen LogP contribution is 2.28. The number of azide groups is 1. The third-order valence-electron chi connectivity index (χ3n) is 3.49. The van der Waals surface area contributed by atoms with E-state index in [0.717, 1.165) is 0 Å². The van der Waals surface area contributed by atoms with E-state index in [4.69, 9.17) is 15.0 Å². The van der Waals surface area contributed by atoms with Gasteiger partial charge >= 0.3 is 11.7 Å². The Kier molecular flexibility index (Phi) is 5.54. The molecule has 1 fully saturated rings. The quantitative estimate of drug-likeness (QED) is 0.248. The van der Waals surface area contributed by atoms with E-state index < -0.39 is 60.2 Å². The number of aliphatic hydroxyl groups is 2.